The number of nitrogens with zero attached hydrogens (tertiary/aromatic N) is 3. The van der Waals surface area contributed by atoms with Crippen molar-refractivity contribution in [2.24, 2.45) is 5.92 Å². The number of carbonyl (C=O) groups is 1. The van der Waals surface area contributed by atoms with Crippen LogP contribution in [0.15, 0.2) is 34.9 Å². The number of aromatic nitrogens is 2. The summed E-state index contributed by atoms with van der Waals surface area (Å²) in [4.78, 5) is 16.8. The van der Waals surface area contributed by atoms with Gasteiger partial charge in [-0.15, -0.1) is 0 Å². The van der Waals surface area contributed by atoms with Crippen LogP contribution in [0.4, 0.5) is 4.79 Å². The Bertz CT molecular complexity index is 1010. The number of nitrogens with one attached hydrogen (secondary N) is 2. The number of sulfonamides is 1. The number of fused-ring (bicyclic) bond motifs is 1. The first-order valence-corrected chi connectivity index (χ1v) is 12.0. The average molecular weight is 434 g/mol. The quantitative estimate of drug-likeness (QED) is 0.707. The second-order valence-corrected chi connectivity index (χ2v) is 10.3. The summed E-state index contributed by atoms with van der Waals surface area (Å²) >= 11 is 0. The van der Waals surface area contributed by atoms with Crippen molar-refractivity contribution < 1.29 is 17.7 Å². The van der Waals surface area contributed by atoms with Crippen molar-refractivity contribution in [2.75, 3.05) is 25.9 Å². The molecule has 2 amide bonds. The van der Waals surface area contributed by atoms with Gasteiger partial charge in [0.1, 0.15) is 0 Å². The third-order valence-corrected chi connectivity index (χ3v) is 7.36. The first-order valence-electron chi connectivity index (χ1n) is 10.1. The van der Waals surface area contributed by atoms with Crippen molar-refractivity contribution in [2.45, 2.75) is 37.6 Å². The SMILES string of the molecule is Cc1noc([C@]23C[C@H](NC(=O)NCCc4ccccc4)CC2CN(S(C)(=O)=O)C3)n1. The van der Waals surface area contributed by atoms with E-state index in [0.29, 0.717) is 44.2 Å². The number of benzene rings is 1. The van der Waals surface area contributed by atoms with E-state index >= 15 is 0 Å². The Morgan fingerprint density at radius 1 is 1.33 bits per heavy atom. The molecule has 10 heteroatoms. The third-order valence-electron chi connectivity index (χ3n) is 6.14. The van der Waals surface area contributed by atoms with Gasteiger partial charge in [-0.2, -0.15) is 4.98 Å². The van der Waals surface area contributed by atoms with Gasteiger partial charge in [-0.1, -0.05) is 35.5 Å². The maximum atomic E-state index is 12.4. The van der Waals surface area contributed by atoms with E-state index in [-0.39, 0.29) is 18.0 Å². The molecule has 1 aliphatic heterocycles. The molecule has 2 heterocycles. The van der Waals surface area contributed by atoms with Gasteiger partial charge in [0.05, 0.1) is 11.7 Å². The van der Waals surface area contributed by atoms with Crippen LogP contribution in [0, 0.1) is 12.8 Å². The predicted octanol–water partition coefficient (Wildman–Crippen LogP) is 1.21. The lowest BCUT2D eigenvalue weighted by molar-refractivity contribution is 0.234. The number of hydrogen-bond acceptors (Lipinski definition) is 6. The summed E-state index contributed by atoms with van der Waals surface area (Å²) in [6.07, 6.45) is 3.21. The molecule has 30 heavy (non-hydrogen) atoms. The standard InChI is InChI=1S/C20H27N5O4S/c1-14-22-18(29-24-14)20-11-17(10-16(20)12-25(13-20)30(2,27)28)23-19(26)21-9-8-15-6-4-3-5-7-15/h3-7,16-17H,8-13H2,1-2H3,(H2,21,23,26)/t16?,17-,20+/m1/s1. The molecule has 4 rings (SSSR count). The first-order chi connectivity index (χ1) is 14.3. The van der Waals surface area contributed by atoms with Crippen LogP contribution in [-0.2, 0) is 21.9 Å². The summed E-state index contributed by atoms with van der Waals surface area (Å²) in [6.45, 7) is 2.98. The minimum atomic E-state index is -3.32. The van der Waals surface area contributed by atoms with Crippen molar-refractivity contribution in [3.05, 3.63) is 47.6 Å². The second kappa shape index (κ2) is 7.99. The highest BCUT2D eigenvalue weighted by Crippen LogP contribution is 2.50. The van der Waals surface area contributed by atoms with Crippen LogP contribution in [0.3, 0.4) is 0 Å². The molecule has 2 aliphatic rings. The van der Waals surface area contributed by atoms with Gasteiger partial charge < -0.3 is 15.2 Å². The molecule has 2 aromatic rings. The fourth-order valence-corrected chi connectivity index (χ4v) is 5.64. The normalized spacial score (nSPS) is 26.5. The van der Waals surface area contributed by atoms with E-state index in [1.165, 1.54) is 16.1 Å². The lowest BCUT2D eigenvalue weighted by Gasteiger charge is -2.24. The van der Waals surface area contributed by atoms with Gasteiger partial charge >= 0.3 is 6.03 Å². The first kappa shape index (κ1) is 20.8. The van der Waals surface area contributed by atoms with Crippen LogP contribution in [0.25, 0.3) is 0 Å². The molecule has 9 nitrogen and oxygen atoms in total. The molecule has 1 saturated heterocycles. The zero-order valence-electron chi connectivity index (χ0n) is 17.2. The topological polar surface area (TPSA) is 117 Å². The fourth-order valence-electron chi connectivity index (χ4n) is 4.72. The average Bonchev–Trinajstić information content (AvgIpc) is 3.35. The van der Waals surface area contributed by atoms with Gasteiger partial charge in [-0.25, -0.2) is 17.5 Å². The maximum Gasteiger partial charge on any atom is 0.315 e. The molecule has 3 atom stereocenters. The highest BCUT2D eigenvalue weighted by atomic mass is 32.2. The molecular weight excluding hydrogens is 406 g/mol. The van der Waals surface area contributed by atoms with Crippen LogP contribution < -0.4 is 10.6 Å². The van der Waals surface area contributed by atoms with Crippen LogP contribution in [0.1, 0.15) is 30.1 Å². The van der Waals surface area contributed by atoms with Crippen LogP contribution in [0.5, 0.6) is 0 Å². The molecule has 2 N–H and O–H groups in total. The minimum absolute atomic E-state index is 0.0155. The molecule has 2 fully saturated rings. The summed E-state index contributed by atoms with van der Waals surface area (Å²) in [5.41, 5.74) is 0.603. The Morgan fingerprint density at radius 2 is 2.10 bits per heavy atom. The highest BCUT2D eigenvalue weighted by Gasteiger charge is 2.58. The van der Waals surface area contributed by atoms with Crippen molar-refractivity contribution in [1.82, 2.24) is 25.1 Å². The molecule has 1 unspecified atom stereocenters. The van der Waals surface area contributed by atoms with Gasteiger partial charge in [0, 0.05) is 25.7 Å². The summed E-state index contributed by atoms with van der Waals surface area (Å²) in [5.74, 6) is 0.998. The summed E-state index contributed by atoms with van der Waals surface area (Å²) in [6, 6.07) is 9.68. The van der Waals surface area contributed by atoms with E-state index in [1.807, 2.05) is 30.3 Å². The number of amides is 2. The van der Waals surface area contributed by atoms with Crippen LogP contribution >= 0.6 is 0 Å². The molecule has 0 radical (unpaired) electrons. The minimum Gasteiger partial charge on any atom is -0.339 e. The monoisotopic (exact) mass is 433 g/mol. The molecule has 1 aromatic heterocycles. The van der Waals surface area contributed by atoms with Gasteiger partial charge in [-0.05, 0) is 37.7 Å². The Hall–Kier alpha value is -2.46. The fraction of sp³-hybridized carbons (Fsp3) is 0.550. The largest absolute Gasteiger partial charge is 0.339 e. The van der Waals surface area contributed by atoms with E-state index in [1.54, 1.807) is 6.92 Å². The molecule has 1 aliphatic carbocycles. The van der Waals surface area contributed by atoms with Gasteiger partial charge in [-0.3, -0.25) is 0 Å². The lowest BCUT2D eigenvalue weighted by Crippen LogP contribution is -2.43. The zero-order chi connectivity index (χ0) is 21.4. The number of carbonyl (C=O) groups excluding carboxylic acids is 1. The molecule has 1 aromatic carbocycles. The van der Waals surface area contributed by atoms with E-state index < -0.39 is 15.4 Å². The third kappa shape index (κ3) is 4.20. The Kier molecular flexibility index (Phi) is 5.54. The van der Waals surface area contributed by atoms with Crippen molar-refractivity contribution in [1.29, 1.82) is 0 Å². The molecular formula is C20H27N5O4S. The molecule has 1 saturated carbocycles. The van der Waals surface area contributed by atoms with Crippen molar-refractivity contribution >= 4 is 16.1 Å². The maximum absolute atomic E-state index is 12.4. The second-order valence-electron chi connectivity index (χ2n) is 8.33. The van der Waals surface area contributed by atoms with Gasteiger partial charge in [0.2, 0.25) is 15.9 Å². The number of rotatable bonds is 6. The number of aryl methyl sites for hydroxylation is 1. The van der Waals surface area contributed by atoms with E-state index in [0.717, 1.165) is 6.42 Å². The number of hydrogen-bond donors (Lipinski definition) is 2. The molecule has 0 spiro atoms. The van der Waals surface area contributed by atoms with E-state index in [2.05, 4.69) is 20.8 Å². The smallest absolute Gasteiger partial charge is 0.315 e. The highest BCUT2D eigenvalue weighted by molar-refractivity contribution is 7.88. The van der Waals surface area contributed by atoms with Crippen LogP contribution in [-0.4, -0.2) is 60.8 Å². The molecule has 0 bridgehead atoms. The Balaban J connectivity index is 1.39. The van der Waals surface area contributed by atoms with E-state index in [4.69, 9.17) is 4.52 Å². The zero-order valence-corrected chi connectivity index (χ0v) is 18.0. The lowest BCUT2D eigenvalue weighted by atomic mass is 9.80. The number of urea groups is 1. The van der Waals surface area contributed by atoms with Gasteiger partial charge in [0.15, 0.2) is 5.82 Å². The van der Waals surface area contributed by atoms with E-state index in [9.17, 15) is 13.2 Å². The van der Waals surface area contributed by atoms with Crippen LogP contribution in [0.2, 0.25) is 0 Å². The summed E-state index contributed by atoms with van der Waals surface area (Å²) in [7, 11) is -3.32. The molecule has 162 valence electrons. The van der Waals surface area contributed by atoms with Crippen molar-refractivity contribution in [3.8, 4) is 0 Å². The predicted molar refractivity (Wildman–Crippen MR) is 110 cm³/mol. The van der Waals surface area contributed by atoms with Gasteiger partial charge in [0.25, 0.3) is 0 Å². The Morgan fingerprint density at radius 3 is 2.77 bits per heavy atom. The van der Waals surface area contributed by atoms with Crippen molar-refractivity contribution in [3.63, 3.8) is 0 Å². The summed E-state index contributed by atoms with van der Waals surface area (Å²) < 4.78 is 31.2. The Labute approximate surface area is 176 Å². The summed E-state index contributed by atoms with van der Waals surface area (Å²) in [5, 5.41) is 9.85.